The van der Waals surface area contributed by atoms with Crippen LogP contribution in [0.4, 0.5) is 5.69 Å². The predicted molar refractivity (Wildman–Crippen MR) is 116 cm³/mol. The molecule has 28 heavy (non-hydrogen) atoms. The number of nitriles is 1. The Hall–Kier alpha value is -2.68. The fourth-order valence-corrected chi connectivity index (χ4v) is 4.18. The Morgan fingerprint density at radius 1 is 1.18 bits per heavy atom. The second-order valence-corrected chi connectivity index (χ2v) is 7.67. The summed E-state index contributed by atoms with van der Waals surface area (Å²) >= 11 is 7.90. The number of hydrogen-bond donors (Lipinski definition) is 2. The highest BCUT2D eigenvalue weighted by Crippen LogP contribution is 2.42. The lowest BCUT2D eigenvalue weighted by Gasteiger charge is -2.30. The molecule has 0 spiro atoms. The van der Waals surface area contributed by atoms with Crippen LogP contribution in [0.3, 0.4) is 0 Å². The number of carbonyl (C=O) groups excluding carboxylic acids is 1. The Kier molecular flexibility index (Phi) is 6.13. The van der Waals surface area contributed by atoms with Crippen molar-refractivity contribution < 1.29 is 4.79 Å². The lowest BCUT2D eigenvalue weighted by Crippen LogP contribution is -2.30. The number of hydrogen-bond acceptors (Lipinski definition) is 4. The van der Waals surface area contributed by atoms with Crippen molar-refractivity contribution in [3.05, 3.63) is 86.6 Å². The van der Waals surface area contributed by atoms with Gasteiger partial charge in [0.2, 0.25) is 0 Å². The van der Waals surface area contributed by atoms with Gasteiger partial charge in [0.25, 0.3) is 5.91 Å². The van der Waals surface area contributed by atoms with Gasteiger partial charge in [-0.25, -0.2) is 0 Å². The average molecular weight is 410 g/mol. The van der Waals surface area contributed by atoms with Crippen LogP contribution < -0.4 is 10.6 Å². The third kappa shape index (κ3) is 3.80. The van der Waals surface area contributed by atoms with Gasteiger partial charge in [0.05, 0.1) is 22.6 Å². The summed E-state index contributed by atoms with van der Waals surface area (Å²) in [4.78, 5) is 13.3. The van der Waals surface area contributed by atoms with E-state index in [0.29, 0.717) is 21.9 Å². The molecule has 1 aliphatic heterocycles. The van der Waals surface area contributed by atoms with Gasteiger partial charge in [0, 0.05) is 22.0 Å². The maximum Gasteiger partial charge on any atom is 0.254 e. The summed E-state index contributed by atoms with van der Waals surface area (Å²) in [6.45, 7) is 3.79. The molecule has 3 rings (SSSR count). The fourth-order valence-electron chi connectivity index (χ4n) is 3.30. The fraction of sp³-hybridized carbons (Fsp3) is 0.182. The molecule has 142 valence electrons. The number of anilines is 1. The van der Waals surface area contributed by atoms with Crippen LogP contribution in [-0.4, -0.2) is 12.2 Å². The molecule has 0 radical (unpaired) electrons. The van der Waals surface area contributed by atoms with Crippen LogP contribution in [0.1, 0.15) is 24.0 Å². The molecule has 6 heteroatoms. The van der Waals surface area contributed by atoms with Crippen molar-refractivity contribution >= 4 is 35.0 Å². The van der Waals surface area contributed by atoms with Gasteiger partial charge in [-0.2, -0.15) is 5.26 Å². The summed E-state index contributed by atoms with van der Waals surface area (Å²) in [5, 5.41) is 17.3. The van der Waals surface area contributed by atoms with Crippen LogP contribution in [0.15, 0.2) is 70.4 Å². The molecule has 0 bridgehead atoms. The van der Waals surface area contributed by atoms with Crippen LogP contribution >= 0.6 is 23.4 Å². The lowest BCUT2D eigenvalue weighted by molar-refractivity contribution is -0.113. The molecule has 1 unspecified atom stereocenters. The largest absolute Gasteiger partial charge is 0.353 e. The Morgan fingerprint density at radius 2 is 1.86 bits per heavy atom. The number of allylic oxidation sites excluding steroid dienone is 2. The van der Waals surface area contributed by atoms with Crippen LogP contribution in [0.2, 0.25) is 5.02 Å². The van der Waals surface area contributed by atoms with Gasteiger partial charge < -0.3 is 10.6 Å². The maximum atomic E-state index is 13.3. The first kappa shape index (κ1) is 20.1. The number of aryl methyl sites for hydroxylation is 1. The van der Waals surface area contributed by atoms with E-state index in [0.717, 1.165) is 21.8 Å². The molecule has 1 amide bonds. The number of dihydropyridines is 1. The van der Waals surface area contributed by atoms with Crippen molar-refractivity contribution in [2.24, 2.45) is 0 Å². The summed E-state index contributed by atoms with van der Waals surface area (Å²) in [6, 6.07) is 17.2. The average Bonchev–Trinajstić information content (AvgIpc) is 2.69. The summed E-state index contributed by atoms with van der Waals surface area (Å²) in [5.41, 5.74) is 4.13. The number of carbonyl (C=O) groups is 1. The van der Waals surface area contributed by atoms with Gasteiger partial charge in [-0.1, -0.05) is 48.0 Å². The van der Waals surface area contributed by atoms with Crippen molar-refractivity contribution in [1.29, 1.82) is 5.26 Å². The van der Waals surface area contributed by atoms with Gasteiger partial charge >= 0.3 is 0 Å². The highest BCUT2D eigenvalue weighted by Gasteiger charge is 2.35. The second kappa shape index (κ2) is 8.55. The first-order chi connectivity index (χ1) is 13.5. The Labute approximate surface area is 174 Å². The number of nitrogens with zero attached hydrogens (tertiary/aromatic N) is 1. The molecule has 4 nitrogen and oxygen atoms in total. The Morgan fingerprint density at radius 3 is 2.50 bits per heavy atom. The smallest absolute Gasteiger partial charge is 0.254 e. The molecule has 0 fully saturated rings. The Balaban J connectivity index is 2.12. The number of amides is 1. The summed E-state index contributed by atoms with van der Waals surface area (Å²) in [6.07, 6.45) is 1.90. The van der Waals surface area contributed by atoms with E-state index in [1.54, 1.807) is 6.07 Å². The molecular formula is C22H20ClN3OS. The lowest BCUT2D eigenvalue weighted by atomic mass is 9.82. The van der Waals surface area contributed by atoms with Crippen LogP contribution in [-0.2, 0) is 4.79 Å². The molecular weight excluding hydrogens is 390 g/mol. The standard InChI is InChI=1S/C22H20ClN3OS/c1-13-8-4-7-11-18(13)26-21(27)19-14(2)25-22(28-3)16(12-24)20(19)15-9-5-6-10-17(15)23/h4-11,20,25H,1-3H3,(H,26,27). The first-order valence-electron chi connectivity index (χ1n) is 8.75. The quantitative estimate of drug-likeness (QED) is 0.714. The topological polar surface area (TPSA) is 64.9 Å². The number of nitrogens with one attached hydrogen (secondary N) is 2. The maximum absolute atomic E-state index is 13.3. The molecule has 1 aliphatic rings. The van der Waals surface area contributed by atoms with Crippen LogP contribution in [0.25, 0.3) is 0 Å². The molecule has 0 saturated heterocycles. The summed E-state index contributed by atoms with van der Waals surface area (Å²) in [5.74, 6) is -0.788. The monoisotopic (exact) mass is 409 g/mol. The van der Waals surface area contributed by atoms with Crippen molar-refractivity contribution in [2.75, 3.05) is 11.6 Å². The third-order valence-electron chi connectivity index (χ3n) is 4.71. The van der Waals surface area contributed by atoms with E-state index in [2.05, 4.69) is 16.7 Å². The van der Waals surface area contributed by atoms with E-state index in [4.69, 9.17) is 11.6 Å². The molecule has 1 heterocycles. The normalized spacial score (nSPS) is 16.5. The molecule has 1 atom stereocenters. The molecule has 2 aromatic carbocycles. The van der Waals surface area contributed by atoms with Gasteiger partial charge in [-0.3, -0.25) is 4.79 Å². The number of halogens is 1. The molecule has 2 aromatic rings. The van der Waals surface area contributed by atoms with Gasteiger partial charge in [-0.05, 0) is 43.4 Å². The second-order valence-electron chi connectivity index (χ2n) is 6.45. The minimum absolute atomic E-state index is 0.253. The van der Waals surface area contributed by atoms with E-state index in [9.17, 15) is 10.1 Å². The van der Waals surface area contributed by atoms with Crippen molar-refractivity contribution in [2.45, 2.75) is 19.8 Å². The van der Waals surface area contributed by atoms with Gasteiger partial charge in [0.15, 0.2) is 0 Å². The molecule has 0 saturated carbocycles. The summed E-state index contributed by atoms with van der Waals surface area (Å²) in [7, 11) is 0. The minimum atomic E-state index is -0.536. The molecule has 0 aliphatic carbocycles. The zero-order valence-electron chi connectivity index (χ0n) is 15.8. The van der Waals surface area contributed by atoms with Crippen molar-refractivity contribution in [1.82, 2.24) is 5.32 Å². The van der Waals surface area contributed by atoms with Crippen LogP contribution in [0, 0.1) is 18.3 Å². The van der Waals surface area contributed by atoms with Gasteiger partial charge in [-0.15, -0.1) is 11.8 Å². The highest BCUT2D eigenvalue weighted by molar-refractivity contribution is 8.02. The number of benzene rings is 2. The van der Waals surface area contributed by atoms with E-state index >= 15 is 0 Å². The zero-order valence-corrected chi connectivity index (χ0v) is 17.4. The van der Waals surface area contributed by atoms with Crippen molar-refractivity contribution in [3.63, 3.8) is 0 Å². The predicted octanol–water partition coefficient (Wildman–Crippen LogP) is 5.35. The van der Waals surface area contributed by atoms with Crippen LogP contribution in [0.5, 0.6) is 0 Å². The van der Waals surface area contributed by atoms with E-state index < -0.39 is 5.92 Å². The minimum Gasteiger partial charge on any atom is -0.353 e. The number of rotatable bonds is 4. The molecule has 2 N–H and O–H groups in total. The highest BCUT2D eigenvalue weighted by atomic mass is 35.5. The first-order valence-corrected chi connectivity index (χ1v) is 10.4. The third-order valence-corrected chi connectivity index (χ3v) is 5.78. The van der Waals surface area contributed by atoms with Crippen molar-refractivity contribution in [3.8, 4) is 6.07 Å². The number of thioether (sulfide) groups is 1. The SMILES string of the molecule is CSC1=C(C#N)C(c2ccccc2Cl)C(C(=O)Nc2ccccc2C)=C(C)N1. The summed E-state index contributed by atoms with van der Waals surface area (Å²) < 4.78 is 0. The van der Waals surface area contributed by atoms with E-state index in [1.807, 2.05) is 62.6 Å². The van der Waals surface area contributed by atoms with Gasteiger partial charge in [0.1, 0.15) is 0 Å². The zero-order chi connectivity index (χ0) is 20.3. The van der Waals surface area contributed by atoms with E-state index in [1.165, 1.54) is 11.8 Å². The van der Waals surface area contributed by atoms with E-state index in [-0.39, 0.29) is 5.91 Å². The Bertz CT molecular complexity index is 1040. The number of para-hydroxylation sites is 1. The molecule has 0 aromatic heterocycles.